The van der Waals surface area contributed by atoms with Crippen molar-refractivity contribution in [3.8, 4) is 34.5 Å². The topological polar surface area (TPSA) is 208 Å². The normalized spacial score (nSPS) is 29.5. The Morgan fingerprint density at radius 1 is 0.917 bits per heavy atom. The summed E-state index contributed by atoms with van der Waals surface area (Å²) in [6, 6.07) is 4.54. The van der Waals surface area contributed by atoms with Crippen molar-refractivity contribution < 1.29 is 64.5 Å². The highest BCUT2D eigenvalue weighted by Gasteiger charge is 2.49. The van der Waals surface area contributed by atoms with Gasteiger partial charge in [-0.2, -0.15) is 0 Å². The molecule has 2 aromatic carbocycles. The highest BCUT2D eigenvalue weighted by atomic mass is 16.7. The molecule has 0 bridgehead atoms. The molecule has 0 spiro atoms. The second-order valence-corrected chi connectivity index (χ2v) is 8.18. The van der Waals surface area contributed by atoms with E-state index in [2.05, 4.69) is 0 Å². The number of benzene rings is 2. The SMILES string of the molecule is COc1cc(C2(O)Oc3cc(O)cc(O)c3C=C2O[C@@H]2O[C@H](CO)[C@@H](O)[C@H](O)[C@H]2O)cc(OC)c1O. The van der Waals surface area contributed by atoms with Crippen LogP contribution in [0.1, 0.15) is 11.1 Å². The van der Waals surface area contributed by atoms with E-state index < -0.39 is 54.6 Å². The van der Waals surface area contributed by atoms with Crippen molar-refractivity contribution in [1.29, 1.82) is 0 Å². The molecular weight excluding hydrogens is 484 g/mol. The Labute approximate surface area is 204 Å². The van der Waals surface area contributed by atoms with Crippen molar-refractivity contribution >= 4 is 6.08 Å². The summed E-state index contributed by atoms with van der Waals surface area (Å²) in [5.74, 6) is -4.61. The van der Waals surface area contributed by atoms with Gasteiger partial charge in [0.1, 0.15) is 41.7 Å². The Morgan fingerprint density at radius 2 is 1.56 bits per heavy atom. The molecule has 196 valence electrons. The first-order valence-corrected chi connectivity index (χ1v) is 10.7. The van der Waals surface area contributed by atoms with Crippen LogP contribution in [0.4, 0.5) is 0 Å². The molecular formula is C23H26O13. The van der Waals surface area contributed by atoms with Gasteiger partial charge in [0.05, 0.1) is 26.4 Å². The van der Waals surface area contributed by atoms with Gasteiger partial charge < -0.3 is 64.5 Å². The summed E-state index contributed by atoms with van der Waals surface area (Å²) in [5, 5.41) is 82.4. The lowest BCUT2D eigenvalue weighted by atomic mass is 9.96. The molecule has 1 fully saturated rings. The van der Waals surface area contributed by atoms with Crippen molar-refractivity contribution in [3.05, 3.63) is 41.2 Å². The summed E-state index contributed by atoms with van der Waals surface area (Å²) in [7, 11) is 2.52. The first-order chi connectivity index (χ1) is 17.0. The lowest BCUT2D eigenvalue weighted by Crippen LogP contribution is -2.59. The number of methoxy groups -OCH3 is 2. The van der Waals surface area contributed by atoms with Crippen molar-refractivity contribution in [2.24, 2.45) is 0 Å². The number of aliphatic hydroxyl groups excluding tert-OH is 4. The highest BCUT2D eigenvalue weighted by molar-refractivity contribution is 5.70. The lowest BCUT2D eigenvalue weighted by molar-refractivity contribution is -0.303. The number of phenolic OH excluding ortho intramolecular Hbond substituents is 3. The van der Waals surface area contributed by atoms with Gasteiger partial charge in [0.2, 0.25) is 12.0 Å². The maximum atomic E-state index is 11.7. The number of phenols is 3. The largest absolute Gasteiger partial charge is 0.508 e. The Hall–Kier alpha value is -3.46. The van der Waals surface area contributed by atoms with Gasteiger partial charge in [0.25, 0.3) is 5.79 Å². The van der Waals surface area contributed by atoms with Crippen LogP contribution in [0.2, 0.25) is 0 Å². The van der Waals surface area contributed by atoms with Crippen LogP contribution in [0.15, 0.2) is 30.0 Å². The number of rotatable bonds is 6. The van der Waals surface area contributed by atoms with E-state index in [0.717, 1.165) is 18.2 Å². The molecule has 1 saturated heterocycles. The van der Waals surface area contributed by atoms with Gasteiger partial charge in [0, 0.05) is 17.7 Å². The van der Waals surface area contributed by atoms with Crippen LogP contribution < -0.4 is 14.2 Å². The van der Waals surface area contributed by atoms with Crippen molar-refractivity contribution in [1.82, 2.24) is 0 Å². The minimum atomic E-state index is -2.56. The third-order valence-electron chi connectivity index (χ3n) is 5.93. The Bertz CT molecular complexity index is 1140. The standard InChI is InChI=1S/C23H26O13/c1-32-14-3-9(4-15(33-2)18(14)27)23(31)17(7-11-12(26)5-10(25)6-13(11)36-23)35-22-21(30)20(29)19(28)16(8-24)34-22/h3-7,16,19-22,24-31H,8H2,1-2H3/t16-,19-,20+,21-,22+,23?/m1/s1. The summed E-state index contributed by atoms with van der Waals surface area (Å²) in [5.41, 5.74) is -0.131. The second-order valence-electron chi connectivity index (χ2n) is 8.18. The van der Waals surface area contributed by atoms with E-state index in [0.29, 0.717) is 0 Å². The Morgan fingerprint density at radius 3 is 2.14 bits per heavy atom. The van der Waals surface area contributed by atoms with Crippen LogP contribution >= 0.6 is 0 Å². The second kappa shape index (κ2) is 9.54. The molecule has 8 N–H and O–H groups in total. The quantitative estimate of drug-likeness (QED) is 0.240. The van der Waals surface area contributed by atoms with E-state index in [1.807, 2.05) is 0 Å². The molecule has 0 saturated carbocycles. The van der Waals surface area contributed by atoms with Crippen LogP contribution in [-0.4, -0.2) is 92.4 Å². The molecule has 13 nitrogen and oxygen atoms in total. The number of aliphatic hydroxyl groups is 5. The molecule has 0 radical (unpaired) electrons. The van der Waals surface area contributed by atoms with Crippen molar-refractivity contribution in [3.63, 3.8) is 0 Å². The van der Waals surface area contributed by atoms with Gasteiger partial charge in [-0.1, -0.05) is 0 Å². The zero-order valence-electron chi connectivity index (χ0n) is 19.1. The maximum Gasteiger partial charge on any atom is 0.294 e. The van der Waals surface area contributed by atoms with Crippen LogP contribution in [-0.2, 0) is 15.3 Å². The van der Waals surface area contributed by atoms with Gasteiger partial charge >= 0.3 is 0 Å². The van der Waals surface area contributed by atoms with E-state index in [1.165, 1.54) is 26.4 Å². The molecule has 2 aliphatic rings. The molecule has 0 aliphatic carbocycles. The first kappa shape index (κ1) is 25.6. The fourth-order valence-electron chi connectivity index (χ4n) is 3.96. The number of hydrogen-bond donors (Lipinski definition) is 8. The van der Waals surface area contributed by atoms with Crippen LogP contribution in [0.25, 0.3) is 6.08 Å². The maximum absolute atomic E-state index is 11.7. The van der Waals surface area contributed by atoms with Crippen molar-refractivity contribution in [2.45, 2.75) is 36.5 Å². The average Bonchev–Trinajstić information content (AvgIpc) is 2.84. The van der Waals surface area contributed by atoms with Gasteiger partial charge in [-0.3, -0.25) is 0 Å². The fourth-order valence-corrected chi connectivity index (χ4v) is 3.96. The third-order valence-corrected chi connectivity index (χ3v) is 5.93. The minimum absolute atomic E-state index is 0.0187. The van der Waals surface area contributed by atoms with Crippen molar-refractivity contribution in [2.75, 3.05) is 20.8 Å². The van der Waals surface area contributed by atoms with Crippen LogP contribution in [0.3, 0.4) is 0 Å². The summed E-state index contributed by atoms with van der Waals surface area (Å²) < 4.78 is 27.1. The molecule has 0 aromatic heterocycles. The number of aromatic hydroxyl groups is 3. The molecule has 13 heteroatoms. The van der Waals surface area contributed by atoms with E-state index in [4.69, 9.17) is 23.7 Å². The Balaban J connectivity index is 1.85. The summed E-state index contributed by atoms with van der Waals surface area (Å²) in [6.07, 6.45) is -7.14. The van der Waals surface area contributed by atoms with Gasteiger partial charge in [-0.25, -0.2) is 0 Å². The van der Waals surface area contributed by atoms with Crippen LogP contribution in [0.5, 0.6) is 34.5 Å². The fraction of sp³-hybridized carbons (Fsp3) is 0.391. The van der Waals surface area contributed by atoms with E-state index in [9.17, 15) is 40.9 Å². The number of hydrogen-bond acceptors (Lipinski definition) is 13. The number of fused-ring (bicyclic) bond motifs is 1. The summed E-state index contributed by atoms with van der Waals surface area (Å²) in [6.45, 7) is -0.722. The molecule has 2 heterocycles. The summed E-state index contributed by atoms with van der Waals surface area (Å²) in [4.78, 5) is 0. The smallest absolute Gasteiger partial charge is 0.294 e. The van der Waals surface area contributed by atoms with Gasteiger partial charge in [0.15, 0.2) is 17.3 Å². The average molecular weight is 510 g/mol. The molecule has 2 aliphatic heterocycles. The monoisotopic (exact) mass is 510 g/mol. The minimum Gasteiger partial charge on any atom is -0.508 e. The van der Waals surface area contributed by atoms with Gasteiger partial charge in [-0.15, -0.1) is 0 Å². The van der Waals surface area contributed by atoms with E-state index >= 15 is 0 Å². The molecule has 0 amide bonds. The molecule has 2 aromatic rings. The summed E-state index contributed by atoms with van der Waals surface area (Å²) >= 11 is 0. The predicted octanol–water partition coefficient (Wildman–Crippen LogP) is -0.784. The van der Waals surface area contributed by atoms with Crippen LogP contribution in [0, 0.1) is 0 Å². The first-order valence-electron chi connectivity index (χ1n) is 10.7. The van der Waals surface area contributed by atoms with E-state index in [-0.39, 0.29) is 39.9 Å². The Kier molecular flexibility index (Phi) is 6.79. The van der Waals surface area contributed by atoms with E-state index in [1.54, 1.807) is 0 Å². The third kappa shape index (κ3) is 4.21. The zero-order valence-corrected chi connectivity index (χ0v) is 19.1. The zero-order chi connectivity index (χ0) is 26.4. The molecule has 4 rings (SSSR count). The molecule has 1 unspecified atom stereocenters. The molecule has 6 atom stereocenters. The number of ether oxygens (including phenoxy) is 5. The molecule has 36 heavy (non-hydrogen) atoms. The highest BCUT2D eigenvalue weighted by Crippen LogP contribution is 2.49. The lowest BCUT2D eigenvalue weighted by Gasteiger charge is -2.42. The predicted molar refractivity (Wildman–Crippen MR) is 118 cm³/mol. The van der Waals surface area contributed by atoms with Gasteiger partial charge in [-0.05, 0) is 18.2 Å².